The number of piperidine rings is 1. The third kappa shape index (κ3) is 6.33. The lowest BCUT2D eigenvalue weighted by Crippen LogP contribution is -2.46. The van der Waals surface area contributed by atoms with Crippen LogP contribution in [0, 0.1) is 0 Å². The summed E-state index contributed by atoms with van der Waals surface area (Å²) < 4.78 is 24.3. The van der Waals surface area contributed by atoms with E-state index in [2.05, 4.69) is 5.32 Å². The molecular formula is C15H21ClN2O3S2. The van der Waals surface area contributed by atoms with Gasteiger partial charge in [-0.15, -0.1) is 11.8 Å². The predicted molar refractivity (Wildman–Crippen MR) is 95.2 cm³/mol. The van der Waals surface area contributed by atoms with Crippen molar-refractivity contribution in [2.24, 2.45) is 0 Å². The van der Waals surface area contributed by atoms with Crippen molar-refractivity contribution in [1.82, 2.24) is 9.62 Å². The lowest BCUT2D eigenvalue weighted by molar-refractivity contribution is -0.119. The number of nitrogens with one attached hydrogen (secondary N) is 1. The molecule has 23 heavy (non-hydrogen) atoms. The first-order chi connectivity index (χ1) is 10.8. The monoisotopic (exact) mass is 376 g/mol. The van der Waals surface area contributed by atoms with Crippen molar-refractivity contribution in [2.75, 3.05) is 25.1 Å². The molecule has 1 fully saturated rings. The van der Waals surface area contributed by atoms with Gasteiger partial charge in [0.05, 0.1) is 12.0 Å². The van der Waals surface area contributed by atoms with Crippen LogP contribution in [-0.4, -0.2) is 49.8 Å². The molecule has 1 aromatic carbocycles. The minimum atomic E-state index is -3.12. The van der Waals surface area contributed by atoms with Crippen LogP contribution in [0.2, 0.25) is 5.02 Å². The zero-order valence-corrected chi connectivity index (χ0v) is 15.4. The number of nitrogens with zero attached hydrogens (tertiary/aromatic N) is 1. The van der Waals surface area contributed by atoms with Crippen LogP contribution in [0.25, 0.3) is 0 Å². The number of thioether (sulfide) groups is 1. The third-order valence-electron chi connectivity index (χ3n) is 3.68. The van der Waals surface area contributed by atoms with Crippen molar-refractivity contribution in [2.45, 2.75) is 24.6 Å². The quantitative estimate of drug-likeness (QED) is 0.825. The zero-order chi connectivity index (χ0) is 16.9. The van der Waals surface area contributed by atoms with Crippen LogP contribution in [0.1, 0.15) is 18.4 Å². The molecule has 0 aliphatic carbocycles. The van der Waals surface area contributed by atoms with Crippen molar-refractivity contribution >= 4 is 39.3 Å². The van der Waals surface area contributed by atoms with Crippen LogP contribution < -0.4 is 5.32 Å². The van der Waals surface area contributed by atoms with Crippen molar-refractivity contribution < 1.29 is 13.2 Å². The molecule has 0 bridgehead atoms. The fraction of sp³-hybridized carbons (Fsp3) is 0.533. The Hall–Kier alpha value is -0.760. The Labute approximate surface area is 146 Å². The van der Waals surface area contributed by atoms with Gasteiger partial charge in [0.15, 0.2) is 0 Å². The van der Waals surface area contributed by atoms with Gasteiger partial charge in [0.25, 0.3) is 0 Å². The van der Waals surface area contributed by atoms with Gasteiger partial charge in [0.1, 0.15) is 0 Å². The highest BCUT2D eigenvalue weighted by atomic mass is 35.5. The van der Waals surface area contributed by atoms with E-state index in [1.807, 2.05) is 24.3 Å². The molecule has 128 valence electrons. The summed E-state index contributed by atoms with van der Waals surface area (Å²) in [5.41, 5.74) is 1.09. The largest absolute Gasteiger partial charge is 0.353 e. The van der Waals surface area contributed by atoms with Gasteiger partial charge in [-0.3, -0.25) is 4.79 Å². The van der Waals surface area contributed by atoms with Crippen molar-refractivity contribution in [1.29, 1.82) is 0 Å². The summed E-state index contributed by atoms with van der Waals surface area (Å²) in [7, 11) is -3.12. The molecule has 0 radical (unpaired) electrons. The predicted octanol–water partition coefficient (Wildman–Crippen LogP) is 2.11. The van der Waals surface area contributed by atoms with E-state index in [1.54, 1.807) is 0 Å². The summed E-state index contributed by atoms with van der Waals surface area (Å²) in [5, 5.41) is 3.68. The molecule has 1 amide bonds. The molecule has 1 heterocycles. The highest BCUT2D eigenvalue weighted by Gasteiger charge is 2.25. The smallest absolute Gasteiger partial charge is 0.230 e. The Morgan fingerprint density at radius 2 is 2.09 bits per heavy atom. The normalized spacial score (nSPS) is 17.1. The Kier molecular flexibility index (Phi) is 6.76. The summed E-state index contributed by atoms with van der Waals surface area (Å²) in [6.07, 6.45) is 2.55. The van der Waals surface area contributed by atoms with Gasteiger partial charge in [0, 0.05) is 29.9 Å². The number of benzene rings is 1. The van der Waals surface area contributed by atoms with Crippen LogP contribution >= 0.6 is 23.4 Å². The average molecular weight is 377 g/mol. The number of amides is 1. The fourth-order valence-corrected chi connectivity index (χ4v) is 4.36. The van der Waals surface area contributed by atoms with Crippen molar-refractivity contribution in [3.05, 3.63) is 34.9 Å². The van der Waals surface area contributed by atoms with Gasteiger partial charge in [-0.25, -0.2) is 12.7 Å². The lowest BCUT2D eigenvalue weighted by atomic mass is 10.1. The van der Waals surface area contributed by atoms with Gasteiger partial charge < -0.3 is 5.32 Å². The van der Waals surface area contributed by atoms with Crippen molar-refractivity contribution in [3.63, 3.8) is 0 Å². The number of sulfonamides is 1. The molecule has 1 aliphatic heterocycles. The summed E-state index contributed by atoms with van der Waals surface area (Å²) in [6.45, 7) is 0.943. The van der Waals surface area contributed by atoms with Crippen molar-refractivity contribution in [3.8, 4) is 0 Å². The second-order valence-corrected chi connectivity index (χ2v) is 9.03. The number of hydrogen-bond donors (Lipinski definition) is 1. The van der Waals surface area contributed by atoms with E-state index in [9.17, 15) is 13.2 Å². The molecule has 0 unspecified atom stereocenters. The average Bonchev–Trinajstić information content (AvgIpc) is 2.47. The molecule has 1 N–H and O–H groups in total. The number of hydrogen-bond acceptors (Lipinski definition) is 4. The fourth-order valence-electron chi connectivity index (χ4n) is 2.49. The van der Waals surface area contributed by atoms with Crippen LogP contribution in [0.4, 0.5) is 0 Å². The lowest BCUT2D eigenvalue weighted by Gasteiger charge is -2.30. The van der Waals surface area contributed by atoms with E-state index in [1.165, 1.54) is 22.3 Å². The maximum Gasteiger partial charge on any atom is 0.230 e. The van der Waals surface area contributed by atoms with Gasteiger partial charge >= 0.3 is 0 Å². The molecule has 5 nitrogen and oxygen atoms in total. The van der Waals surface area contributed by atoms with E-state index in [0.717, 1.165) is 11.3 Å². The van der Waals surface area contributed by atoms with E-state index in [0.29, 0.717) is 36.7 Å². The van der Waals surface area contributed by atoms with Crippen LogP contribution in [0.15, 0.2) is 24.3 Å². The summed E-state index contributed by atoms with van der Waals surface area (Å²) in [4.78, 5) is 12.0. The summed E-state index contributed by atoms with van der Waals surface area (Å²) >= 11 is 7.46. The van der Waals surface area contributed by atoms with Gasteiger partial charge in [0.2, 0.25) is 15.9 Å². The van der Waals surface area contributed by atoms with Crippen LogP contribution in [0.3, 0.4) is 0 Å². The van der Waals surface area contributed by atoms with Crippen LogP contribution in [0.5, 0.6) is 0 Å². The first-order valence-electron chi connectivity index (χ1n) is 7.41. The number of halogens is 1. The molecule has 0 aromatic heterocycles. The molecular weight excluding hydrogens is 356 g/mol. The Morgan fingerprint density at radius 1 is 1.39 bits per heavy atom. The van der Waals surface area contributed by atoms with Gasteiger partial charge in [-0.2, -0.15) is 0 Å². The van der Waals surface area contributed by atoms with Gasteiger partial charge in [-0.05, 0) is 30.5 Å². The van der Waals surface area contributed by atoms with E-state index in [-0.39, 0.29) is 11.9 Å². The molecule has 0 atom stereocenters. The highest BCUT2D eigenvalue weighted by Crippen LogP contribution is 2.17. The Morgan fingerprint density at radius 3 is 2.70 bits per heavy atom. The first kappa shape index (κ1) is 18.6. The SMILES string of the molecule is CS(=O)(=O)N1CCC(NC(=O)CSCc2cccc(Cl)c2)CC1. The number of rotatable bonds is 6. The number of carbonyl (C=O) groups excluding carboxylic acids is 1. The van der Waals surface area contributed by atoms with E-state index < -0.39 is 10.0 Å². The topological polar surface area (TPSA) is 66.5 Å². The third-order valence-corrected chi connectivity index (χ3v) is 6.22. The summed E-state index contributed by atoms with van der Waals surface area (Å²) in [5.74, 6) is 1.12. The number of carbonyl (C=O) groups is 1. The first-order valence-corrected chi connectivity index (χ1v) is 10.8. The summed E-state index contributed by atoms with van der Waals surface area (Å²) in [6, 6.07) is 7.66. The standard InChI is InChI=1S/C15H21ClN2O3S2/c1-23(20,21)18-7-5-14(6-8-18)17-15(19)11-22-10-12-3-2-4-13(16)9-12/h2-4,9,14H,5-8,10-11H2,1H3,(H,17,19). The molecule has 0 spiro atoms. The van der Waals surface area contributed by atoms with E-state index >= 15 is 0 Å². The van der Waals surface area contributed by atoms with Gasteiger partial charge in [-0.1, -0.05) is 23.7 Å². The molecule has 1 aromatic rings. The Bertz CT molecular complexity index is 644. The van der Waals surface area contributed by atoms with E-state index in [4.69, 9.17) is 11.6 Å². The minimum Gasteiger partial charge on any atom is -0.353 e. The molecule has 2 rings (SSSR count). The second kappa shape index (κ2) is 8.37. The minimum absolute atomic E-state index is 0.00478. The maximum atomic E-state index is 12.0. The van der Waals surface area contributed by atoms with Crippen LogP contribution in [-0.2, 0) is 20.6 Å². The molecule has 8 heteroatoms. The Balaban J connectivity index is 1.68. The zero-order valence-electron chi connectivity index (χ0n) is 13.0. The molecule has 0 saturated carbocycles. The molecule has 1 aliphatic rings. The second-order valence-electron chi connectivity index (χ2n) is 5.63. The highest BCUT2D eigenvalue weighted by molar-refractivity contribution is 7.99. The molecule has 1 saturated heterocycles. The maximum absolute atomic E-state index is 12.0.